The molecule has 1 saturated heterocycles. The molecule has 5 nitrogen and oxygen atoms in total. The molecule has 4 rings (SSSR count). The summed E-state index contributed by atoms with van der Waals surface area (Å²) in [6.07, 6.45) is 2.26. The van der Waals surface area contributed by atoms with Gasteiger partial charge in [0.25, 0.3) is 5.91 Å². The summed E-state index contributed by atoms with van der Waals surface area (Å²) < 4.78 is 0. The summed E-state index contributed by atoms with van der Waals surface area (Å²) in [7, 11) is 0. The number of hydrogen-bond acceptors (Lipinski definition) is 3. The zero-order valence-electron chi connectivity index (χ0n) is 16.3. The molecule has 2 aliphatic rings. The van der Waals surface area contributed by atoms with Crippen molar-refractivity contribution in [1.82, 2.24) is 9.88 Å². The fourth-order valence-electron chi connectivity index (χ4n) is 4.54. The maximum Gasteiger partial charge on any atom is 0.256 e. The lowest BCUT2D eigenvalue weighted by Crippen LogP contribution is -2.54. The summed E-state index contributed by atoms with van der Waals surface area (Å²) in [6, 6.07) is 8.47. The van der Waals surface area contributed by atoms with E-state index in [1.165, 1.54) is 11.3 Å². The molecule has 1 N–H and O–H groups in total. The number of nitrogens with zero attached hydrogens (tertiary/aromatic N) is 2. The van der Waals surface area contributed by atoms with E-state index in [-0.39, 0.29) is 17.7 Å². The second-order valence-electron chi connectivity index (χ2n) is 7.84. The van der Waals surface area contributed by atoms with Crippen molar-refractivity contribution < 1.29 is 9.59 Å². The highest BCUT2D eigenvalue weighted by Gasteiger charge is 2.34. The Balaban J connectivity index is 1.57. The van der Waals surface area contributed by atoms with Gasteiger partial charge in [0.05, 0.1) is 11.1 Å². The molecule has 0 saturated carbocycles. The molecule has 0 spiro atoms. The molecule has 1 aromatic heterocycles. The quantitative estimate of drug-likeness (QED) is 0.886. The Morgan fingerprint density at radius 1 is 1.15 bits per heavy atom. The van der Waals surface area contributed by atoms with Crippen LogP contribution in [0.4, 0.5) is 5.69 Å². The summed E-state index contributed by atoms with van der Waals surface area (Å²) in [5.74, 6) is 0.104. The molecule has 5 heteroatoms. The van der Waals surface area contributed by atoms with Gasteiger partial charge in [0.2, 0.25) is 0 Å². The molecular formula is C22H27N3O2. The van der Waals surface area contributed by atoms with Crippen LogP contribution in [0.1, 0.15) is 57.4 Å². The SMILES string of the molecule is Cc1ccccc1N1CCN(C(=O)c2c(C)[nH]c3c2C(=O)CCC3)C(C)C1. The third-order valence-electron chi connectivity index (χ3n) is 5.93. The van der Waals surface area contributed by atoms with Crippen LogP contribution in [0.15, 0.2) is 24.3 Å². The van der Waals surface area contributed by atoms with Gasteiger partial charge >= 0.3 is 0 Å². The van der Waals surface area contributed by atoms with E-state index < -0.39 is 0 Å². The van der Waals surface area contributed by atoms with Crippen molar-refractivity contribution in [1.29, 1.82) is 0 Å². The van der Waals surface area contributed by atoms with Gasteiger partial charge in [0.1, 0.15) is 0 Å². The number of carbonyl (C=O) groups excluding carboxylic acids is 2. The number of para-hydroxylation sites is 1. The minimum atomic E-state index is -0.00261. The number of hydrogen-bond donors (Lipinski definition) is 1. The third kappa shape index (κ3) is 3.05. The maximum absolute atomic E-state index is 13.4. The van der Waals surface area contributed by atoms with Crippen LogP contribution in [-0.2, 0) is 6.42 Å². The zero-order chi connectivity index (χ0) is 19.1. The number of fused-ring (bicyclic) bond motifs is 1. The van der Waals surface area contributed by atoms with E-state index in [2.05, 4.69) is 48.0 Å². The van der Waals surface area contributed by atoms with Gasteiger partial charge < -0.3 is 14.8 Å². The van der Waals surface area contributed by atoms with E-state index in [0.29, 0.717) is 24.1 Å². The van der Waals surface area contributed by atoms with Crippen LogP contribution < -0.4 is 4.90 Å². The predicted octanol–water partition coefficient (Wildman–Crippen LogP) is 3.50. The highest BCUT2D eigenvalue weighted by molar-refractivity contribution is 6.10. The van der Waals surface area contributed by atoms with Gasteiger partial charge in [0.15, 0.2) is 5.78 Å². The monoisotopic (exact) mass is 365 g/mol. The number of aromatic nitrogens is 1. The Labute approximate surface area is 160 Å². The molecule has 1 aromatic carbocycles. The molecule has 1 aliphatic heterocycles. The first-order valence-corrected chi connectivity index (χ1v) is 9.83. The van der Waals surface area contributed by atoms with Gasteiger partial charge in [-0.05, 0) is 45.2 Å². The minimum Gasteiger partial charge on any atom is -0.367 e. The van der Waals surface area contributed by atoms with E-state index in [9.17, 15) is 9.59 Å². The highest BCUT2D eigenvalue weighted by atomic mass is 16.2. The molecule has 142 valence electrons. The van der Waals surface area contributed by atoms with Crippen molar-refractivity contribution >= 4 is 17.4 Å². The number of piperazine rings is 1. The van der Waals surface area contributed by atoms with Crippen LogP contribution >= 0.6 is 0 Å². The largest absolute Gasteiger partial charge is 0.367 e. The maximum atomic E-state index is 13.4. The number of anilines is 1. The lowest BCUT2D eigenvalue weighted by molar-refractivity contribution is 0.0669. The number of rotatable bonds is 2. The van der Waals surface area contributed by atoms with Crippen molar-refractivity contribution in [2.75, 3.05) is 24.5 Å². The highest BCUT2D eigenvalue weighted by Crippen LogP contribution is 2.30. The lowest BCUT2D eigenvalue weighted by Gasteiger charge is -2.41. The number of Topliss-reactive ketones (excluding diaryl/α,β-unsaturated/α-hetero) is 1. The Kier molecular flexibility index (Phi) is 4.54. The first-order chi connectivity index (χ1) is 13.0. The fraction of sp³-hybridized carbons (Fsp3) is 0.455. The molecule has 1 unspecified atom stereocenters. The number of H-pyrrole nitrogens is 1. The summed E-state index contributed by atoms with van der Waals surface area (Å²) in [4.78, 5) is 33.4. The average molecular weight is 365 g/mol. The van der Waals surface area contributed by atoms with Crippen molar-refractivity contribution in [3.63, 3.8) is 0 Å². The van der Waals surface area contributed by atoms with E-state index in [1.54, 1.807) is 0 Å². The molecule has 2 aromatic rings. The van der Waals surface area contributed by atoms with Crippen LogP contribution in [0, 0.1) is 13.8 Å². The summed E-state index contributed by atoms with van der Waals surface area (Å²) in [5.41, 5.74) is 5.52. The van der Waals surface area contributed by atoms with Gasteiger partial charge in [-0.15, -0.1) is 0 Å². The first-order valence-electron chi connectivity index (χ1n) is 9.83. The van der Waals surface area contributed by atoms with Crippen LogP contribution in [0.3, 0.4) is 0 Å². The minimum absolute atomic E-state index is 0.00261. The number of nitrogens with one attached hydrogen (secondary N) is 1. The smallest absolute Gasteiger partial charge is 0.256 e. The van der Waals surface area contributed by atoms with E-state index in [0.717, 1.165) is 37.3 Å². The van der Waals surface area contributed by atoms with Crippen LogP contribution in [-0.4, -0.2) is 47.3 Å². The van der Waals surface area contributed by atoms with Crippen molar-refractivity contribution in [3.05, 3.63) is 52.3 Å². The van der Waals surface area contributed by atoms with Crippen molar-refractivity contribution in [3.8, 4) is 0 Å². The second-order valence-corrected chi connectivity index (χ2v) is 7.84. The van der Waals surface area contributed by atoms with Crippen molar-refractivity contribution in [2.45, 2.75) is 46.1 Å². The second kappa shape index (κ2) is 6.87. The number of carbonyl (C=O) groups is 2. The lowest BCUT2D eigenvalue weighted by atomic mass is 9.92. The zero-order valence-corrected chi connectivity index (χ0v) is 16.3. The fourth-order valence-corrected chi connectivity index (χ4v) is 4.54. The van der Waals surface area contributed by atoms with E-state index >= 15 is 0 Å². The molecule has 27 heavy (non-hydrogen) atoms. The summed E-state index contributed by atoms with van der Waals surface area (Å²) >= 11 is 0. The van der Waals surface area contributed by atoms with Gasteiger partial charge in [-0.1, -0.05) is 18.2 Å². The predicted molar refractivity (Wildman–Crippen MR) is 107 cm³/mol. The number of aryl methyl sites for hydroxylation is 3. The molecule has 0 radical (unpaired) electrons. The van der Waals surface area contributed by atoms with Gasteiger partial charge in [-0.2, -0.15) is 0 Å². The molecule has 2 heterocycles. The van der Waals surface area contributed by atoms with Crippen LogP contribution in [0.2, 0.25) is 0 Å². The van der Waals surface area contributed by atoms with Crippen molar-refractivity contribution in [2.24, 2.45) is 0 Å². The Bertz CT molecular complexity index is 899. The topological polar surface area (TPSA) is 56.4 Å². The van der Waals surface area contributed by atoms with E-state index in [1.807, 2.05) is 11.8 Å². The Morgan fingerprint density at radius 3 is 2.67 bits per heavy atom. The van der Waals surface area contributed by atoms with Crippen LogP contribution in [0.25, 0.3) is 0 Å². The Hall–Kier alpha value is -2.56. The normalized spacial score (nSPS) is 20.0. The molecule has 1 fully saturated rings. The van der Waals surface area contributed by atoms with E-state index in [4.69, 9.17) is 0 Å². The summed E-state index contributed by atoms with van der Waals surface area (Å²) in [5, 5.41) is 0. The first kappa shape index (κ1) is 17.8. The standard InChI is InChI=1S/C22H27N3O2/c1-14-7-4-5-9-18(14)24-11-12-25(15(2)13-24)22(27)20-16(3)23-17-8-6-10-19(26)21(17)20/h4-5,7,9,15,23H,6,8,10-13H2,1-3H3. The number of amides is 1. The Morgan fingerprint density at radius 2 is 1.93 bits per heavy atom. The average Bonchev–Trinajstić information content (AvgIpc) is 2.99. The van der Waals surface area contributed by atoms with Crippen LogP contribution in [0.5, 0.6) is 0 Å². The molecule has 1 amide bonds. The van der Waals surface area contributed by atoms with Gasteiger partial charge in [-0.3, -0.25) is 9.59 Å². The molecule has 0 bridgehead atoms. The van der Waals surface area contributed by atoms with Gasteiger partial charge in [0, 0.05) is 49.2 Å². The number of benzene rings is 1. The molecule has 1 aliphatic carbocycles. The number of ketones is 1. The molecule has 1 atom stereocenters. The molecular weight excluding hydrogens is 338 g/mol. The van der Waals surface area contributed by atoms with Gasteiger partial charge in [-0.25, -0.2) is 0 Å². The summed E-state index contributed by atoms with van der Waals surface area (Å²) in [6.45, 7) is 8.41. The third-order valence-corrected chi connectivity index (χ3v) is 5.93. The number of aromatic amines is 1.